The maximum absolute atomic E-state index is 13.2. The van der Waals surface area contributed by atoms with E-state index >= 15 is 0 Å². The van der Waals surface area contributed by atoms with Crippen LogP contribution in [0.2, 0.25) is 0 Å². The van der Waals surface area contributed by atoms with Gasteiger partial charge >= 0.3 is 0 Å². The van der Waals surface area contributed by atoms with Gasteiger partial charge in [0.2, 0.25) is 0 Å². The molecule has 1 aliphatic heterocycles. The lowest BCUT2D eigenvalue weighted by Crippen LogP contribution is -2.44. The summed E-state index contributed by atoms with van der Waals surface area (Å²) in [5.74, 6) is -0.614. The molecule has 0 saturated carbocycles. The van der Waals surface area contributed by atoms with E-state index in [1.165, 1.54) is 6.07 Å². The van der Waals surface area contributed by atoms with Crippen molar-refractivity contribution in [3.8, 4) is 0 Å². The van der Waals surface area contributed by atoms with Crippen LogP contribution in [0.1, 0.15) is 49.4 Å². The number of carbonyl (C=O) groups excluding carboxylic acids is 1. The van der Waals surface area contributed by atoms with Crippen molar-refractivity contribution in [2.45, 2.75) is 45.1 Å². The molecule has 1 unspecified atom stereocenters. The molecule has 1 saturated heterocycles. The highest BCUT2D eigenvalue weighted by Gasteiger charge is 2.28. The van der Waals surface area contributed by atoms with Crippen molar-refractivity contribution in [1.29, 1.82) is 0 Å². The van der Waals surface area contributed by atoms with Crippen molar-refractivity contribution >= 4 is 11.7 Å². The number of halogens is 1. The molecule has 1 aromatic heterocycles. The molecule has 1 aromatic rings. The fourth-order valence-electron chi connectivity index (χ4n) is 2.68. The lowest BCUT2D eigenvalue weighted by molar-refractivity contribution is 0.0601. The first-order chi connectivity index (χ1) is 9.13. The third-order valence-corrected chi connectivity index (χ3v) is 3.63. The van der Waals surface area contributed by atoms with Crippen molar-refractivity contribution in [2.75, 3.05) is 12.3 Å². The number of piperidine rings is 1. The Labute approximate surface area is 112 Å². The normalized spacial score (nSPS) is 19.5. The van der Waals surface area contributed by atoms with Gasteiger partial charge in [0.05, 0.1) is 11.8 Å². The highest BCUT2D eigenvalue weighted by atomic mass is 19.1. The summed E-state index contributed by atoms with van der Waals surface area (Å²) in [7, 11) is 0. The average molecular weight is 265 g/mol. The first kappa shape index (κ1) is 13.8. The van der Waals surface area contributed by atoms with Crippen LogP contribution >= 0.6 is 0 Å². The van der Waals surface area contributed by atoms with E-state index < -0.39 is 5.82 Å². The Morgan fingerprint density at radius 3 is 3.11 bits per heavy atom. The lowest BCUT2D eigenvalue weighted by atomic mass is 9.97. The van der Waals surface area contributed by atoms with Crippen molar-refractivity contribution in [1.82, 2.24) is 9.88 Å². The number of likely N-dealkylation sites (tertiary alicyclic amines) is 1. The molecular weight excluding hydrogens is 245 g/mol. The number of nitrogens with two attached hydrogens (primary N) is 1. The maximum Gasteiger partial charge on any atom is 0.257 e. The molecule has 2 N–H and O–H groups in total. The molecule has 0 spiro atoms. The fraction of sp³-hybridized carbons (Fsp3) is 0.571. The highest BCUT2D eigenvalue weighted by Crippen LogP contribution is 2.24. The number of amides is 1. The molecule has 1 fully saturated rings. The molecule has 2 heterocycles. The van der Waals surface area contributed by atoms with Gasteiger partial charge in [-0.05, 0) is 31.7 Å². The second-order valence-corrected chi connectivity index (χ2v) is 5.02. The van der Waals surface area contributed by atoms with Gasteiger partial charge in [0.25, 0.3) is 5.91 Å². The van der Waals surface area contributed by atoms with Crippen LogP contribution in [0.25, 0.3) is 0 Å². The van der Waals surface area contributed by atoms with E-state index in [1.807, 2.05) is 4.90 Å². The number of hydrogen-bond acceptors (Lipinski definition) is 3. The monoisotopic (exact) mass is 265 g/mol. The largest absolute Gasteiger partial charge is 0.383 e. The Kier molecular flexibility index (Phi) is 4.35. The maximum atomic E-state index is 13.2. The van der Waals surface area contributed by atoms with Gasteiger partial charge in [0.1, 0.15) is 11.6 Å². The summed E-state index contributed by atoms with van der Waals surface area (Å²) in [6.45, 7) is 2.83. The quantitative estimate of drug-likeness (QED) is 0.913. The van der Waals surface area contributed by atoms with E-state index in [0.29, 0.717) is 0 Å². The van der Waals surface area contributed by atoms with Gasteiger partial charge in [-0.3, -0.25) is 4.79 Å². The zero-order valence-corrected chi connectivity index (χ0v) is 11.2. The van der Waals surface area contributed by atoms with Gasteiger partial charge in [-0.25, -0.2) is 9.37 Å². The predicted molar refractivity (Wildman–Crippen MR) is 72.2 cm³/mol. The summed E-state index contributed by atoms with van der Waals surface area (Å²) in [6, 6.07) is 1.43. The number of aromatic nitrogens is 1. The summed E-state index contributed by atoms with van der Waals surface area (Å²) in [6.07, 6.45) is 6.20. The average Bonchev–Trinajstić information content (AvgIpc) is 2.42. The van der Waals surface area contributed by atoms with Gasteiger partial charge < -0.3 is 10.6 Å². The third-order valence-electron chi connectivity index (χ3n) is 3.63. The van der Waals surface area contributed by atoms with Crippen LogP contribution in [-0.2, 0) is 0 Å². The molecule has 0 radical (unpaired) electrons. The number of rotatable bonds is 3. The standard InChI is InChI=1S/C14H20FN3O/c1-2-5-11-6-3-4-7-18(11)14(19)12-8-10(15)9-17-13(12)16/h8-9,11H,2-7H2,1H3,(H2,16,17). The molecule has 0 bridgehead atoms. The molecule has 104 valence electrons. The van der Waals surface area contributed by atoms with Gasteiger partial charge in [0.15, 0.2) is 0 Å². The van der Waals surface area contributed by atoms with Crippen LogP contribution in [-0.4, -0.2) is 28.4 Å². The SMILES string of the molecule is CCCC1CCCCN1C(=O)c1cc(F)cnc1N. The van der Waals surface area contributed by atoms with Crippen LogP contribution in [0.5, 0.6) is 0 Å². The van der Waals surface area contributed by atoms with Crippen molar-refractivity contribution < 1.29 is 9.18 Å². The minimum Gasteiger partial charge on any atom is -0.383 e. The molecule has 1 amide bonds. The van der Waals surface area contributed by atoms with E-state index in [9.17, 15) is 9.18 Å². The molecule has 5 heteroatoms. The Morgan fingerprint density at radius 1 is 1.58 bits per heavy atom. The molecule has 4 nitrogen and oxygen atoms in total. The van der Waals surface area contributed by atoms with Crippen molar-refractivity contribution in [3.05, 3.63) is 23.6 Å². The van der Waals surface area contributed by atoms with Gasteiger partial charge in [-0.1, -0.05) is 13.3 Å². The topological polar surface area (TPSA) is 59.2 Å². The first-order valence-corrected chi connectivity index (χ1v) is 6.85. The Balaban J connectivity index is 2.23. The number of nitrogen functional groups attached to an aromatic ring is 1. The van der Waals surface area contributed by atoms with Crippen LogP contribution in [0, 0.1) is 5.82 Å². The van der Waals surface area contributed by atoms with Gasteiger partial charge in [-0.15, -0.1) is 0 Å². The number of hydrogen-bond donors (Lipinski definition) is 1. The van der Waals surface area contributed by atoms with Crippen molar-refractivity contribution in [3.63, 3.8) is 0 Å². The minimum absolute atomic E-state index is 0.104. The van der Waals surface area contributed by atoms with E-state index in [2.05, 4.69) is 11.9 Å². The van der Waals surface area contributed by atoms with Crippen molar-refractivity contribution in [2.24, 2.45) is 0 Å². The molecule has 2 rings (SSSR count). The molecule has 1 atom stereocenters. The fourth-order valence-corrected chi connectivity index (χ4v) is 2.68. The summed E-state index contributed by atoms with van der Waals surface area (Å²) >= 11 is 0. The molecule has 0 aliphatic carbocycles. The Morgan fingerprint density at radius 2 is 2.37 bits per heavy atom. The Bertz CT molecular complexity index is 462. The summed E-state index contributed by atoms with van der Waals surface area (Å²) in [5.41, 5.74) is 5.87. The summed E-state index contributed by atoms with van der Waals surface area (Å²) in [5, 5.41) is 0. The van der Waals surface area contributed by atoms with Gasteiger partial charge in [-0.2, -0.15) is 0 Å². The number of nitrogens with zero attached hydrogens (tertiary/aromatic N) is 2. The van der Waals surface area contributed by atoms with E-state index in [0.717, 1.165) is 44.8 Å². The summed E-state index contributed by atoms with van der Waals surface area (Å²) in [4.78, 5) is 18.1. The molecule has 0 aromatic carbocycles. The third kappa shape index (κ3) is 3.03. The van der Waals surface area contributed by atoms with Crippen LogP contribution < -0.4 is 5.73 Å². The first-order valence-electron chi connectivity index (χ1n) is 6.85. The smallest absolute Gasteiger partial charge is 0.257 e. The van der Waals surface area contributed by atoms with E-state index in [-0.39, 0.29) is 23.3 Å². The van der Waals surface area contributed by atoms with Gasteiger partial charge in [0, 0.05) is 12.6 Å². The predicted octanol–water partition coefficient (Wildman–Crippen LogP) is 2.60. The molecular formula is C14H20FN3O. The number of anilines is 1. The summed E-state index contributed by atoms with van der Waals surface area (Å²) < 4.78 is 13.2. The zero-order valence-electron chi connectivity index (χ0n) is 11.2. The van der Waals surface area contributed by atoms with E-state index in [4.69, 9.17) is 5.73 Å². The zero-order chi connectivity index (χ0) is 13.8. The second-order valence-electron chi connectivity index (χ2n) is 5.02. The highest BCUT2D eigenvalue weighted by molar-refractivity contribution is 5.98. The number of pyridine rings is 1. The molecule has 1 aliphatic rings. The number of carbonyl (C=O) groups is 1. The second kappa shape index (κ2) is 5.99. The van der Waals surface area contributed by atoms with Crippen LogP contribution in [0.3, 0.4) is 0 Å². The van der Waals surface area contributed by atoms with Crippen LogP contribution in [0.15, 0.2) is 12.3 Å². The van der Waals surface area contributed by atoms with E-state index in [1.54, 1.807) is 0 Å². The lowest BCUT2D eigenvalue weighted by Gasteiger charge is -2.36. The minimum atomic E-state index is -0.526. The molecule has 19 heavy (non-hydrogen) atoms. The Hall–Kier alpha value is -1.65. The van der Waals surface area contributed by atoms with Crippen LogP contribution in [0.4, 0.5) is 10.2 Å².